The third kappa shape index (κ3) is 4.20. The van der Waals surface area contributed by atoms with Gasteiger partial charge in [-0.15, -0.1) is 0 Å². The highest BCUT2D eigenvalue weighted by Gasteiger charge is 2.23. The van der Waals surface area contributed by atoms with E-state index in [0.29, 0.717) is 12.2 Å². The molecule has 0 atom stereocenters. The van der Waals surface area contributed by atoms with Crippen LogP contribution in [0.15, 0.2) is 23.2 Å². The number of hydrogen-bond acceptors (Lipinski definition) is 5. The van der Waals surface area contributed by atoms with Gasteiger partial charge in [0.05, 0.1) is 12.3 Å². The smallest absolute Gasteiger partial charge is 0.244 e. The van der Waals surface area contributed by atoms with E-state index in [4.69, 9.17) is 23.1 Å². The predicted octanol–water partition coefficient (Wildman–Crippen LogP) is 0.499. The van der Waals surface area contributed by atoms with Crippen molar-refractivity contribution in [3.05, 3.63) is 24.0 Å². The lowest BCUT2D eigenvalue weighted by Gasteiger charge is -2.20. The number of sulfonamides is 1. The molecule has 3 N–H and O–H groups in total. The van der Waals surface area contributed by atoms with Gasteiger partial charge >= 0.3 is 0 Å². The molecular weight excluding hydrogens is 298 g/mol. The van der Waals surface area contributed by atoms with E-state index < -0.39 is 10.0 Å². The molecule has 0 aromatic carbocycles. The number of nitrogens with two attached hydrogens (primary N) is 1. The first-order chi connectivity index (χ1) is 9.43. The van der Waals surface area contributed by atoms with Gasteiger partial charge in [-0.3, -0.25) is 4.98 Å². The number of hydrogen-bond donors (Lipinski definition) is 2. The van der Waals surface area contributed by atoms with E-state index in [2.05, 4.69) is 4.98 Å². The van der Waals surface area contributed by atoms with Crippen LogP contribution in [-0.4, -0.2) is 47.5 Å². The molecule has 20 heavy (non-hydrogen) atoms. The molecule has 0 spiro atoms. The lowest BCUT2D eigenvalue weighted by Crippen LogP contribution is -2.34. The van der Waals surface area contributed by atoms with Gasteiger partial charge in [0, 0.05) is 19.3 Å². The number of thiocarbonyl (C=S) groups is 1. The lowest BCUT2D eigenvalue weighted by molar-refractivity contribution is 0.252. The second-order valence-corrected chi connectivity index (χ2v) is 6.60. The molecule has 0 aliphatic carbocycles. The molecule has 6 nitrogen and oxygen atoms in total. The largest absolute Gasteiger partial charge is 0.395 e. The number of unbranched alkanes of at least 4 members (excludes halogenated alkanes) is 1. The van der Waals surface area contributed by atoms with Crippen LogP contribution in [0.2, 0.25) is 0 Å². The van der Waals surface area contributed by atoms with Gasteiger partial charge in [0.1, 0.15) is 9.88 Å². The molecule has 0 radical (unpaired) electrons. The Labute approximate surface area is 124 Å². The zero-order valence-corrected chi connectivity index (χ0v) is 13.0. The zero-order chi connectivity index (χ0) is 15.2. The molecule has 0 aliphatic rings. The van der Waals surface area contributed by atoms with Crippen LogP contribution in [0.25, 0.3) is 0 Å². The monoisotopic (exact) mass is 317 g/mol. The molecule has 8 heteroatoms. The number of nitrogens with zero attached hydrogens (tertiary/aromatic N) is 2. The van der Waals surface area contributed by atoms with E-state index in [9.17, 15) is 8.42 Å². The Balaban J connectivity index is 3.02. The molecule has 0 saturated heterocycles. The molecule has 1 heterocycles. The fourth-order valence-corrected chi connectivity index (χ4v) is 3.16. The first-order valence-electron chi connectivity index (χ1n) is 6.30. The Bertz CT molecular complexity index is 544. The van der Waals surface area contributed by atoms with E-state index in [1.165, 1.54) is 22.6 Å². The summed E-state index contributed by atoms with van der Waals surface area (Å²) >= 11 is 4.77. The summed E-state index contributed by atoms with van der Waals surface area (Å²) in [5, 5.41) is 9.01. The van der Waals surface area contributed by atoms with Crippen LogP contribution in [0.5, 0.6) is 0 Å². The summed E-state index contributed by atoms with van der Waals surface area (Å²) in [6.07, 6.45) is 2.84. The summed E-state index contributed by atoms with van der Waals surface area (Å²) in [5.41, 5.74) is 5.80. The van der Waals surface area contributed by atoms with E-state index in [-0.39, 0.29) is 23.0 Å². The van der Waals surface area contributed by atoms with Crippen LogP contribution < -0.4 is 5.73 Å². The summed E-state index contributed by atoms with van der Waals surface area (Å²) in [5.74, 6) is 0. The van der Waals surface area contributed by atoms with Gasteiger partial charge in [0.2, 0.25) is 10.0 Å². The van der Waals surface area contributed by atoms with Crippen LogP contribution in [0, 0.1) is 0 Å². The Hall–Kier alpha value is -1.09. The molecule has 1 rings (SSSR count). The molecule has 0 unspecified atom stereocenters. The van der Waals surface area contributed by atoms with E-state index in [1.54, 1.807) is 0 Å². The highest BCUT2D eigenvalue weighted by atomic mass is 32.2. The Morgan fingerprint density at radius 2 is 2.15 bits per heavy atom. The van der Waals surface area contributed by atoms with Gasteiger partial charge in [-0.25, -0.2) is 8.42 Å². The number of aromatic nitrogens is 1. The molecule has 0 bridgehead atoms. The van der Waals surface area contributed by atoms with Crippen molar-refractivity contribution in [1.29, 1.82) is 0 Å². The molecular formula is C12H19N3O3S2. The fraction of sp³-hybridized carbons (Fsp3) is 0.500. The van der Waals surface area contributed by atoms with Crippen LogP contribution in [0.4, 0.5) is 0 Å². The summed E-state index contributed by atoms with van der Waals surface area (Å²) in [4.78, 5) is 4.12. The molecule has 0 aliphatic heterocycles. The van der Waals surface area contributed by atoms with Gasteiger partial charge in [-0.05, 0) is 18.6 Å². The average Bonchev–Trinajstić information content (AvgIpc) is 2.43. The molecule has 0 saturated carbocycles. The summed E-state index contributed by atoms with van der Waals surface area (Å²) < 4.78 is 26.1. The Morgan fingerprint density at radius 1 is 1.45 bits per heavy atom. The maximum atomic E-state index is 12.4. The summed E-state index contributed by atoms with van der Waals surface area (Å²) in [7, 11) is -3.65. The third-order valence-electron chi connectivity index (χ3n) is 2.74. The zero-order valence-electron chi connectivity index (χ0n) is 11.3. The molecule has 112 valence electrons. The maximum Gasteiger partial charge on any atom is 0.244 e. The second kappa shape index (κ2) is 7.63. The van der Waals surface area contributed by atoms with Crippen LogP contribution in [0.3, 0.4) is 0 Å². The minimum atomic E-state index is -3.65. The normalized spacial score (nSPS) is 11.8. The third-order valence-corrected chi connectivity index (χ3v) is 4.83. The maximum absolute atomic E-state index is 12.4. The van der Waals surface area contributed by atoms with E-state index >= 15 is 0 Å². The molecule has 1 aromatic rings. The molecule has 1 aromatic heterocycles. The SMILES string of the molecule is CCCCN(CCO)S(=O)(=O)c1ccc(C(N)=S)nc1. The van der Waals surface area contributed by atoms with Gasteiger partial charge < -0.3 is 10.8 Å². The van der Waals surface area contributed by atoms with E-state index in [1.807, 2.05) is 6.92 Å². The highest BCUT2D eigenvalue weighted by Crippen LogP contribution is 2.15. The van der Waals surface area contributed by atoms with Crippen molar-refractivity contribution in [2.75, 3.05) is 19.7 Å². The molecule has 0 amide bonds. The van der Waals surface area contributed by atoms with Gasteiger partial charge in [-0.1, -0.05) is 25.6 Å². The molecule has 0 fully saturated rings. The minimum Gasteiger partial charge on any atom is -0.395 e. The fourth-order valence-electron chi connectivity index (χ4n) is 1.63. The number of aliphatic hydroxyl groups is 1. The number of pyridine rings is 1. The van der Waals surface area contributed by atoms with Crippen molar-refractivity contribution >= 4 is 27.2 Å². The minimum absolute atomic E-state index is 0.0688. The number of rotatable bonds is 8. The van der Waals surface area contributed by atoms with Crippen molar-refractivity contribution in [2.24, 2.45) is 5.73 Å². The van der Waals surface area contributed by atoms with Crippen molar-refractivity contribution in [3.63, 3.8) is 0 Å². The highest BCUT2D eigenvalue weighted by molar-refractivity contribution is 7.89. The van der Waals surface area contributed by atoms with Gasteiger partial charge in [0.25, 0.3) is 0 Å². The van der Waals surface area contributed by atoms with Gasteiger partial charge in [-0.2, -0.15) is 4.31 Å². The second-order valence-electron chi connectivity index (χ2n) is 4.22. The van der Waals surface area contributed by atoms with Gasteiger partial charge in [0.15, 0.2) is 0 Å². The lowest BCUT2D eigenvalue weighted by atomic mass is 10.3. The van der Waals surface area contributed by atoms with Crippen molar-refractivity contribution < 1.29 is 13.5 Å². The Morgan fingerprint density at radius 3 is 2.60 bits per heavy atom. The topological polar surface area (TPSA) is 96.5 Å². The Kier molecular flexibility index (Phi) is 6.47. The van der Waals surface area contributed by atoms with Crippen molar-refractivity contribution in [2.45, 2.75) is 24.7 Å². The standard InChI is InChI=1S/C12H19N3O3S2/c1-2-3-6-15(7-8-16)20(17,18)10-4-5-11(12(13)19)14-9-10/h4-5,9,16H,2-3,6-8H2,1H3,(H2,13,19). The van der Waals surface area contributed by atoms with Crippen LogP contribution >= 0.6 is 12.2 Å². The average molecular weight is 317 g/mol. The summed E-state index contributed by atoms with van der Waals surface area (Å²) in [6, 6.07) is 2.90. The quantitative estimate of drug-likeness (QED) is 0.678. The van der Waals surface area contributed by atoms with E-state index in [0.717, 1.165) is 12.8 Å². The van der Waals surface area contributed by atoms with Crippen LogP contribution in [0.1, 0.15) is 25.5 Å². The van der Waals surface area contributed by atoms with Crippen LogP contribution in [-0.2, 0) is 10.0 Å². The predicted molar refractivity (Wildman–Crippen MR) is 80.9 cm³/mol. The number of aliphatic hydroxyl groups excluding tert-OH is 1. The van der Waals surface area contributed by atoms with Crippen molar-refractivity contribution in [1.82, 2.24) is 9.29 Å². The van der Waals surface area contributed by atoms with Crippen molar-refractivity contribution in [3.8, 4) is 0 Å². The summed E-state index contributed by atoms with van der Waals surface area (Å²) in [6.45, 7) is 2.19. The first-order valence-corrected chi connectivity index (χ1v) is 8.15. The first kappa shape index (κ1) is 17.0.